The van der Waals surface area contributed by atoms with E-state index in [1.165, 1.54) is 11.1 Å². The highest BCUT2D eigenvalue weighted by atomic mass is 16.2. The molecule has 0 saturated carbocycles. The van der Waals surface area contributed by atoms with Crippen LogP contribution in [0.5, 0.6) is 0 Å². The molecule has 1 saturated heterocycles. The lowest BCUT2D eigenvalue weighted by Crippen LogP contribution is -2.50. The van der Waals surface area contributed by atoms with Crippen LogP contribution in [0, 0.1) is 5.92 Å². The Bertz CT molecular complexity index is 540. The van der Waals surface area contributed by atoms with Crippen LogP contribution in [0.3, 0.4) is 0 Å². The van der Waals surface area contributed by atoms with Gasteiger partial charge in [-0.15, -0.1) is 0 Å². The molecule has 0 aromatic heterocycles. The molecule has 132 valence electrons. The third-order valence-electron chi connectivity index (χ3n) is 5.25. The Balaban J connectivity index is 1.39. The minimum atomic E-state index is 0.0950. The minimum Gasteiger partial charge on any atom is -0.336 e. The van der Waals surface area contributed by atoms with Gasteiger partial charge in [0, 0.05) is 32.2 Å². The molecule has 1 fully saturated rings. The van der Waals surface area contributed by atoms with Crippen LogP contribution in [-0.4, -0.2) is 49.7 Å². The summed E-state index contributed by atoms with van der Waals surface area (Å²) in [4.78, 5) is 14.3. The quantitative estimate of drug-likeness (QED) is 0.771. The summed E-state index contributed by atoms with van der Waals surface area (Å²) in [6, 6.07) is 8.97. The molecule has 24 heavy (non-hydrogen) atoms. The van der Waals surface area contributed by atoms with E-state index >= 15 is 0 Å². The number of carbonyl (C=O) groups excluding carboxylic acids is 1. The molecule has 0 aliphatic carbocycles. The van der Waals surface area contributed by atoms with Crippen LogP contribution >= 0.6 is 0 Å². The fraction of sp³-hybridized carbons (Fsp3) is 0.632. The van der Waals surface area contributed by atoms with Crippen molar-refractivity contribution in [3.05, 3.63) is 35.4 Å². The van der Waals surface area contributed by atoms with Crippen molar-refractivity contribution in [1.82, 2.24) is 20.9 Å². The maximum absolute atomic E-state index is 12.4. The van der Waals surface area contributed by atoms with Crippen molar-refractivity contribution in [2.75, 3.05) is 32.7 Å². The Morgan fingerprint density at radius 1 is 1.21 bits per heavy atom. The molecule has 1 unspecified atom stereocenters. The van der Waals surface area contributed by atoms with E-state index in [0.29, 0.717) is 18.5 Å². The van der Waals surface area contributed by atoms with Crippen LogP contribution < -0.4 is 16.0 Å². The van der Waals surface area contributed by atoms with Crippen LogP contribution in [0.25, 0.3) is 0 Å². The monoisotopic (exact) mass is 330 g/mol. The maximum atomic E-state index is 12.4. The molecular weight excluding hydrogens is 300 g/mol. The third-order valence-corrected chi connectivity index (χ3v) is 5.25. The smallest absolute Gasteiger partial charge is 0.317 e. The van der Waals surface area contributed by atoms with Gasteiger partial charge >= 0.3 is 6.03 Å². The fourth-order valence-electron chi connectivity index (χ4n) is 3.68. The SMILES string of the molecule is CCNCC1CCN(C(=O)NCC2Cc3ccccc3CN2)CC1. The summed E-state index contributed by atoms with van der Waals surface area (Å²) in [5, 5.41) is 10.1. The number of amides is 2. The molecular formula is C19H30N4O. The van der Waals surface area contributed by atoms with E-state index in [0.717, 1.165) is 52.0 Å². The van der Waals surface area contributed by atoms with E-state index in [1.54, 1.807) is 0 Å². The molecule has 1 aromatic rings. The average Bonchev–Trinajstić information content (AvgIpc) is 2.64. The van der Waals surface area contributed by atoms with Crippen molar-refractivity contribution in [3.63, 3.8) is 0 Å². The van der Waals surface area contributed by atoms with Crippen molar-refractivity contribution < 1.29 is 4.79 Å². The van der Waals surface area contributed by atoms with E-state index in [-0.39, 0.29) is 6.03 Å². The lowest BCUT2D eigenvalue weighted by atomic mass is 9.96. The van der Waals surface area contributed by atoms with Crippen LogP contribution in [-0.2, 0) is 13.0 Å². The first-order chi connectivity index (χ1) is 11.8. The van der Waals surface area contributed by atoms with Gasteiger partial charge in [0.2, 0.25) is 0 Å². The number of fused-ring (bicyclic) bond motifs is 1. The third kappa shape index (κ3) is 4.48. The Labute approximate surface area is 145 Å². The van der Waals surface area contributed by atoms with E-state index in [4.69, 9.17) is 0 Å². The van der Waals surface area contributed by atoms with Crippen molar-refractivity contribution >= 4 is 6.03 Å². The van der Waals surface area contributed by atoms with Crippen molar-refractivity contribution in [3.8, 4) is 0 Å². The molecule has 2 aliphatic heterocycles. The molecule has 2 aliphatic rings. The molecule has 2 amide bonds. The van der Waals surface area contributed by atoms with Gasteiger partial charge in [0.25, 0.3) is 0 Å². The van der Waals surface area contributed by atoms with Crippen LogP contribution in [0.15, 0.2) is 24.3 Å². The molecule has 2 heterocycles. The highest BCUT2D eigenvalue weighted by Crippen LogP contribution is 2.17. The molecule has 5 heteroatoms. The van der Waals surface area contributed by atoms with Gasteiger partial charge in [0.1, 0.15) is 0 Å². The number of nitrogens with one attached hydrogen (secondary N) is 3. The lowest BCUT2D eigenvalue weighted by Gasteiger charge is -2.33. The molecule has 1 atom stereocenters. The van der Waals surface area contributed by atoms with E-state index in [9.17, 15) is 4.79 Å². The summed E-state index contributed by atoms with van der Waals surface area (Å²) in [6.07, 6.45) is 3.20. The zero-order chi connectivity index (χ0) is 16.8. The number of nitrogens with zero attached hydrogens (tertiary/aromatic N) is 1. The summed E-state index contributed by atoms with van der Waals surface area (Å²) in [7, 11) is 0. The highest BCUT2D eigenvalue weighted by molar-refractivity contribution is 5.74. The second kappa shape index (κ2) is 8.49. The molecule has 0 radical (unpaired) electrons. The molecule has 3 N–H and O–H groups in total. The zero-order valence-corrected chi connectivity index (χ0v) is 14.7. The molecule has 0 bridgehead atoms. The van der Waals surface area contributed by atoms with Crippen LogP contribution in [0.2, 0.25) is 0 Å². The summed E-state index contributed by atoms with van der Waals surface area (Å²) in [5.74, 6) is 0.713. The number of carbonyl (C=O) groups is 1. The molecule has 3 rings (SSSR count). The summed E-state index contributed by atoms with van der Waals surface area (Å²) in [6.45, 7) is 7.60. The molecule has 1 aromatic carbocycles. The van der Waals surface area contributed by atoms with Gasteiger partial charge in [-0.2, -0.15) is 0 Å². The number of urea groups is 1. The van der Waals surface area contributed by atoms with E-state index < -0.39 is 0 Å². The van der Waals surface area contributed by atoms with Gasteiger partial charge in [0.15, 0.2) is 0 Å². The summed E-state index contributed by atoms with van der Waals surface area (Å²) in [5.41, 5.74) is 2.78. The largest absolute Gasteiger partial charge is 0.336 e. The molecule has 5 nitrogen and oxygen atoms in total. The van der Waals surface area contributed by atoms with E-state index in [1.807, 2.05) is 4.90 Å². The Morgan fingerprint density at radius 3 is 2.71 bits per heavy atom. The van der Waals surface area contributed by atoms with Gasteiger partial charge in [-0.05, 0) is 49.4 Å². The van der Waals surface area contributed by atoms with Crippen LogP contribution in [0.1, 0.15) is 30.9 Å². The number of rotatable bonds is 5. The number of piperidine rings is 1. The second-order valence-corrected chi connectivity index (χ2v) is 6.97. The van der Waals surface area contributed by atoms with Crippen LogP contribution in [0.4, 0.5) is 4.79 Å². The highest BCUT2D eigenvalue weighted by Gasteiger charge is 2.23. The standard InChI is InChI=1S/C19H30N4O/c1-2-20-12-15-7-9-23(10-8-15)19(24)22-14-18-11-16-5-3-4-6-17(16)13-21-18/h3-6,15,18,20-21H,2,7-14H2,1H3,(H,22,24). The first kappa shape index (κ1) is 17.2. The molecule has 0 spiro atoms. The first-order valence-corrected chi connectivity index (χ1v) is 9.30. The summed E-state index contributed by atoms with van der Waals surface area (Å²) < 4.78 is 0. The normalized spacial score (nSPS) is 21.4. The summed E-state index contributed by atoms with van der Waals surface area (Å²) >= 11 is 0. The topological polar surface area (TPSA) is 56.4 Å². The number of hydrogen-bond donors (Lipinski definition) is 3. The Hall–Kier alpha value is -1.59. The zero-order valence-electron chi connectivity index (χ0n) is 14.7. The Morgan fingerprint density at radius 2 is 1.96 bits per heavy atom. The van der Waals surface area contributed by atoms with Gasteiger partial charge in [0.05, 0.1) is 0 Å². The van der Waals surface area contributed by atoms with Crippen molar-refractivity contribution in [2.45, 2.75) is 38.8 Å². The second-order valence-electron chi connectivity index (χ2n) is 6.97. The maximum Gasteiger partial charge on any atom is 0.317 e. The average molecular weight is 330 g/mol. The van der Waals surface area contributed by atoms with Crippen molar-refractivity contribution in [2.24, 2.45) is 5.92 Å². The van der Waals surface area contributed by atoms with Gasteiger partial charge in [-0.3, -0.25) is 0 Å². The lowest BCUT2D eigenvalue weighted by molar-refractivity contribution is 0.168. The predicted molar refractivity (Wildman–Crippen MR) is 97.0 cm³/mol. The predicted octanol–water partition coefficient (Wildman–Crippen LogP) is 1.73. The van der Waals surface area contributed by atoms with Gasteiger partial charge < -0.3 is 20.9 Å². The minimum absolute atomic E-state index is 0.0950. The Kier molecular flexibility index (Phi) is 6.10. The van der Waals surface area contributed by atoms with Crippen molar-refractivity contribution in [1.29, 1.82) is 0 Å². The number of benzene rings is 1. The van der Waals surface area contributed by atoms with Gasteiger partial charge in [-0.1, -0.05) is 31.2 Å². The van der Waals surface area contributed by atoms with E-state index in [2.05, 4.69) is 47.1 Å². The fourth-order valence-corrected chi connectivity index (χ4v) is 3.68. The number of hydrogen-bond acceptors (Lipinski definition) is 3. The number of likely N-dealkylation sites (tertiary alicyclic amines) is 1. The first-order valence-electron chi connectivity index (χ1n) is 9.30. The van der Waals surface area contributed by atoms with Gasteiger partial charge in [-0.25, -0.2) is 4.79 Å².